The first-order chi connectivity index (χ1) is 17.3. The maximum absolute atomic E-state index is 13.7. The highest BCUT2D eigenvalue weighted by Gasteiger charge is 2.45. The highest BCUT2D eigenvalue weighted by molar-refractivity contribution is 7.92. The lowest BCUT2D eigenvalue weighted by atomic mass is 10.0. The number of methoxy groups -OCH3 is 2. The van der Waals surface area contributed by atoms with Gasteiger partial charge in [0, 0.05) is 18.9 Å². The SMILES string of the molecule is COc1cncc(-c2ccc(S(=O)(=O)[C@@H]3CC[C@@H](OC)C3)c(C(F)(F)F)c2)c1.N#CC1(NC(=O)O)CC1. The molecule has 0 bridgehead atoms. The average Bonchev–Trinajstić information content (AvgIpc) is 3.45. The lowest BCUT2D eigenvalue weighted by Gasteiger charge is -2.18. The number of sulfone groups is 1. The molecule has 2 atom stereocenters. The molecule has 2 aromatic rings. The van der Waals surface area contributed by atoms with Gasteiger partial charge < -0.3 is 19.9 Å². The molecule has 0 radical (unpaired) electrons. The van der Waals surface area contributed by atoms with E-state index in [1.165, 1.54) is 38.7 Å². The van der Waals surface area contributed by atoms with E-state index < -0.39 is 43.4 Å². The zero-order valence-corrected chi connectivity index (χ0v) is 20.9. The van der Waals surface area contributed by atoms with Crippen molar-refractivity contribution < 1.29 is 41.0 Å². The number of amides is 1. The lowest BCUT2D eigenvalue weighted by molar-refractivity contribution is -0.139. The summed E-state index contributed by atoms with van der Waals surface area (Å²) in [7, 11) is -1.25. The first kappa shape index (κ1) is 28.2. The van der Waals surface area contributed by atoms with Crippen LogP contribution in [0.25, 0.3) is 11.1 Å². The second-order valence-corrected chi connectivity index (χ2v) is 11.0. The van der Waals surface area contributed by atoms with Crippen LogP contribution in [0.3, 0.4) is 0 Å². The number of nitrogens with one attached hydrogen (secondary N) is 1. The number of ether oxygens (including phenoxy) is 2. The Hall–Kier alpha value is -3.37. The topological polar surface area (TPSA) is 139 Å². The van der Waals surface area contributed by atoms with Gasteiger partial charge in [-0.05, 0) is 55.9 Å². The fraction of sp³-hybridized carbons (Fsp3) is 0.458. The van der Waals surface area contributed by atoms with Crippen molar-refractivity contribution in [3.63, 3.8) is 0 Å². The Morgan fingerprint density at radius 2 is 1.89 bits per heavy atom. The Morgan fingerprint density at radius 1 is 1.19 bits per heavy atom. The number of benzene rings is 1. The van der Waals surface area contributed by atoms with Gasteiger partial charge >= 0.3 is 12.3 Å². The Bertz CT molecular complexity index is 1290. The maximum Gasteiger partial charge on any atom is 0.417 e. The van der Waals surface area contributed by atoms with E-state index in [0.717, 1.165) is 12.1 Å². The van der Waals surface area contributed by atoms with E-state index in [1.807, 2.05) is 6.07 Å². The summed E-state index contributed by atoms with van der Waals surface area (Å²) in [4.78, 5) is 13.2. The minimum absolute atomic E-state index is 0.192. The van der Waals surface area contributed by atoms with Gasteiger partial charge in [0.2, 0.25) is 0 Å². The van der Waals surface area contributed by atoms with E-state index in [4.69, 9.17) is 19.8 Å². The molecule has 1 aromatic heterocycles. The fourth-order valence-electron chi connectivity index (χ4n) is 4.04. The number of hydrogen-bond acceptors (Lipinski definition) is 7. The average molecular weight is 542 g/mol. The number of nitriles is 1. The Balaban J connectivity index is 0.000000356. The van der Waals surface area contributed by atoms with Gasteiger partial charge in [-0.1, -0.05) is 6.07 Å². The third-order valence-corrected chi connectivity index (χ3v) is 8.57. The lowest BCUT2D eigenvalue weighted by Crippen LogP contribution is -2.33. The summed E-state index contributed by atoms with van der Waals surface area (Å²) < 4.78 is 77.2. The van der Waals surface area contributed by atoms with Gasteiger partial charge in [0.15, 0.2) is 9.84 Å². The van der Waals surface area contributed by atoms with Crippen molar-refractivity contribution in [1.82, 2.24) is 10.3 Å². The molecule has 200 valence electrons. The fourth-order valence-corrected chi connectivity index (χ4v) is 6.05. The molecule has 2 aliphatic carbocycles. The number of rotatable bonds is 6. The Labute approximate surface area is 212 Å². The van der Waals surface area contributed by atoms with Crippen LogP contribution < -0.4 is 10.1 Å². The van der Waals surface area contributed by atoms with Crippen LogP contribution in [0.2, 0.25) is 0 Å². The van der Waals surface area contributed by atoms with Crippen LogP contribution in [-0.4, -0.2) is 55.7 Å². The van der Waals surface area contributed by atoms with E-state index in [0.29, 0.717) is 30.6 Å². The van der Waals surface area contributed by atoms with Gasteiger partial charge in [0.25, 0.3) is 0 Å². The molecule has 37 heavy (non-hydrogen) atoms. The van der Waals surface area contributed by atoms with Crippen LogP contribution in [0.4, 0.5) is 18.0 Å². The summed E-state index contributed by atoms with van der Waals surface area (Å²) in [5.74, 6) is 0.388. The third-order valence-electron chi connectivity index (χ3n) is 6.29. The van der Waals surface area contributed by atoms with Crippen LogP contribution in [0.5, 0.6) is 5.75 Å². The monoisotopic (exact) mass is 541 g/mol. The minimum atomic E-state index is -4.82. The Kier molecular flexibility index (Phi) is 8.34. The smallest absolute Gasteiger partial charge is 0.417 e. The molecule has 1 aromatic carbocycles. The molecule has 1 amide bonds. The second-order valence-electron chi connectivity index (χ2n) is 8.78. The quantitative estimate of drug-likeness (QED) is 0.548. The molecule has 9 nitrogen and oxygen atoms in total. The second kappa shape index (κ2) is 10.9. The molecule has 0 aliphatic heterocycles. The Morgan fingerprint density at radius 3 is 2.38 bits per heavy atom. The number of alkyl halides is 3. The number of nitrogens with zero attached hydrogens (tertiary/aromatic N) is 2. The summed E-state index contributed by atoms with van der Waals surface area (Å²) in [6.45, 7) is 0. The molecule has 2 N–H and O–H groups in total. The number of carbonyl (C=O) groups is 1. The van der Waals surface area contributed by atoms with Crippen molar-refractivity contribution >= 4 is 15.9 Å². The molecule has 13 heteroatoms. The summed E-state index contributed by atoms with van der Waals surface area (Å²) in [5, 5.41) is 17.7. The zero-order chi connectivity index (χ0) is 27.4. The normalized spacial score (nSPS) is 20.2. The number of hydrogen-bond donors (Lipinski definition) is 2. The van der Waals surface area contributed by atoms with Crippen molar-refractivity contribution in [1.29, 1.82) is 5.26 Å². The number of halogens is 3. The predicted octanol–water partition coefficient (Wildman–Crippen LogP) is 4.43. The minimum Gasteiger partial charge on any atom is -0.495 e. The van der Waals surface area contributed by atoms with Gasteiger partial charge in [-0.2, -0.15) is 18.4 Å². The molecule has 2 saturated carbocycles. The summed E-state index contributed by atoms with van der Waals surface area (Å²) in [5.41, 5.74) is -1.30. The van der Waals surface area contributed by atoms with E-state index in [-0.39, 0.29) is 24.5 Å². The number of carboxylic acid groups (broad SMARTS) is 1. The van der Waals surface area contributed by atoms with Crippen LogP contribution in [0.15, 0.2) is 41.6 Å². The van der Waals surface area contributed by atoms with E-state index >= 15 is 0 Å². The molecular weight excluding hydrogens is 515 g/mol. The van der Waals surface area contributed by atoms with Crippen molar-refractivity contribution in [2.24, 2.45) is 0 Å². The first-order valence-corrected chi connectivity index (χ1v) is 12.8. The molecular formula is C24H26F3N3O6S. The van der Waals surface area contributed by atoms with Gasteiger partial charge in [-0.15, -0.1) is 0 Å². The molecule has 0 saturated heterocycles. The van der Waals surface area contributed by atoms with Gasteiger partial charge in [-0.3, -0.25) is 4.98 Å². The van der Waals surface area contributed by atoms with Crippen molar-refractivity contribution in [2.75, 3.05) is 14.2 Å². The highest BCUT2D eigenvalue weighted by atomic mass is 32.2. The van der Waals surface area contributed by atoms with Gasteiger partial charge in [0.1, 0.15) is 11.3 Å². The van der Waals surface area contributed by atoms with Crippen molar-refractivity contribution in [3.8, 4) is 22.9 Å². The van der Waals surface area contributed by atoms with Crippen molar-refractivity contribution in [3.05, 3.63) is 42.2 Å². The molecule has 0 spiro atoms. The standard InChI is InChI=1S/C19H20F3NO4S.C5H6N2O2/c1-26-14-4-5-16(9-14)28(24,25)18-6-3-12(8-17(18)19(20,21)22)13-7-15(27-2)11-23-10-13;6-3-5(1-2-5)7-4(8)9/h3,6-8,10-11,14,16H,4-5,9H2,1-2H3;7H,1-2H2,(H,8,9)/t14-,16-;/m1./s1. The molecule has 2 fully saturated rings. The van der Waals surface area contributed by atoms with E-state index in [2.05, 4.69) is 10.3 Å². The zero-order valence-electron chi connectivity index (χ0n) is 20.1. The van der Waals surface area contributed by atoms with Crippen LogP contribution in [0.1, 0.15) is 37.7 Å². The highest BCUT2D eigenvalue weighted by Crippen LogP contribution is 2.41. The van der Waals surface area contributed by atoms with Crippen LogP contribution >= 0.6 is 0 Å². The predicted molar refractivity (Wildman–Crippen MR) is 126 cm³/mol. The molecule has 0 unspecified atom stereocenters. The van der Waals surface area contributed by atoms with E-state index in [9.17, 15) is 26.4 Å². The molecule has 1 heterocycles. The van der Waals surface area contributed by atoms with Gasteiger partial charge in [0.05, 0.1) is 41.2 Å². The summed E-state index contributed by atoms with van der Waals surface area (Å²) in [6.07, 6.45) is -1.08. The summed E-state index contributed by atoms with van der Waals surface area (Å²) in [6, 6.07) is 6.68. The van der Waals surface area contributed by atoms with Crippen LogP contribution in [0, 0.1) is 11.3 Å². The summed E-state index contributed by atoms with van der Waals surface area (Å²) >= 11 is 0. The first-order valence-electron chi connectivity index (χ1n) is 11.2. The molecule has 4 rings (SSSR count). The maximum atomic E-state index is 13.7. The van der Waals surface area contributed by atoms with Gasteiger partial charge in [-0.25, -0.2) is 13.2 Å². The van der Waals surface area contributed by atoms with E-state index in [1.54, 1.807) is 0 Å². The number of aromatic nitrogens is 1. The van der Waals surface area contributed by atoms with Crippen molar-refractivity contribution in [2.45, 2.75) is 60.1 Å². The largest absolute Gasteiger partial charge is 0.495 e. The van der Waals surface area contributed by atoms with Crippen LogP contribution in [-0.2, 0) is 20.8 Å². The number of pyridine rings is 1. The third kappa shape index (κ3) is 6.69. The molecule has 2 aliphatic rings.